The Morgan fingerprint density at radius 3 is 2.27 bits per heavy atom. The van der Waals surface area contributed by atoms with Crippen molar-refractivity contribution in [1.29, 1.82) is 0 Å². The van der Waals surface area contributed by atoms with Crippen LogP contribution >= 0.6 is 0 Å². The average Bonchev–Trinajstić information content (AvgIpc) is 1.78. The topological polar surface area (TPSA) is 29.5 Å². The summed E-state index contributed by atoms with van der Waals surface area (Å²) in [6.07, 6.45) is 1.57. The summed E-state index contributed by atoms with van der Waals surface area (Å²) in [5.74, 6) is 0. The summed E-state index contributed by atoms with van der Waals surface area (Å²) >= 11 is 0. The Labute approximate surface area is 69.6 Å². The zero-order chi connectivity index (χ0) is 8.91. The van der Waals surface area contributed by atoms with Gasteiger partial charge in [0, 0.05) is 6.61 Å². The second kappa shape index (κ2) is 4.73. The van der Waals surface area contributed by atoms with Crippen LogP contribution in [0.1, 0.15) is 40.5 Å². The molecule has 0 aromatic rings. The Morgan fingerprint density at radius 1 is 1.36 bits per heavy atom. The third kappa shape index (κ3) is 9.92. The van der Waals surface area contributed by atoms with E-state index in [9.17, 15) is 0 Å². The summed E-state index contributed by atoms with van der Waals surface area (Å²) in [6, 6.07) is 0. The van der Waals surface area contributed by atoms with Gasteiger partial charge < -0.3 is 9.84 Å². The molecule has 2 nitrogen and oxygen atoms in total. The van der Waals surface area contributed by atoms with Crippen molar-refractivity contribution in [2.75, 3.05) is 6.61 Å². The zero-order valence-corrected chi connectivity index (χ0v) is 8.05. The van der Waals surface area contributed by atoms with Gasteiger partial charge in [-0.05, 0) is 40.5 Å². The van der Waals surface area contributed by atoms with E-state index in [1.165, 1.54) is 0 Å². The molecule has 0 unspecified atom stereocenters. The minimum absolute atomic E-state index is 0.0430. The molecule has 2 heteroatoms. The van der Waals surface area contributed by atoms with E-state index in [2.05, 4.69) is 0 Å². The van der Waals surface area contributed by atoms with Crippen LogP contribution in [-0.4, -0.2) is 23.4 Å². The monoisotopic (exact) mass is 160 g/mol. The third-order valence-electron chi connectivity index (χ3n) is 1.30. The lowest BCUT2D eigenvalue weighted by atomic mass is 10.2. The first-order chi connectivity index (χ1) is 4.92. The maximum atomic E-state index is 8.93. The smallest absolute Gasteiger partial charge is 0.0598 e. The van der Waals surface area contributed by atoms with Gasteiger partial charge in [0.05, 0.1) is 11.7 Å². The summed E-state index contributed by atoms with van der Waals surface area (Å²) in [4.78, 5) is 0. The first-order valence-corrected chi connectivity index (χ1v) is 4.24. The van der Waals surface area contributed by atoms with E-state index in [1.54, 1.807) is 6.92 Å². The van der Waals surface area contributed by atoms with E-state index in [4.69, 9.17) is 9.84 Å². The molecule has 1 N–H and O–H groups in total. The van der Waals surface area contributed by atoms with Gasteiger partial charge >= 0.3 is 0 Å². The molecule has 11 heavy (non-hydrogen) atoms. The molecule has 0 radical (unpaired) electrons. The molecule has 0 spiro atoms. The number of aliphatic hydroxyl groups excluding tert-OH is 1. The summed E-state index contributed by atoms with van der Waals surface area (Å²) in [5, 5.41) is 8.93. The van der Waals surface area contributed by atoms with Crippen molar-refractivity contribution in [3.8, 4) is 0 Å². The maximum Gasteiger partial charge on any atom is 0.0598 e. The minimum atomic E-state index is -0.196. The quantitative estimate of drug-likeness (QED) is 0.637. The molecule has 1 atom stereocenters. The molecule has 0 fully saturated rings. The molecule has 0 rings (SSSR count). The van der Waals surface area contributed by atoms with Gasteiger partial charge in [0.25, 0.3) is 0 Å². The van der Waals surface area contributed by atoms with Crippen LogP contribution in [0.5, 0.6) is 0 Å². The van der Waals surface area contributed by atoms with E-state index >= 15 is 0 Å². The van der Waals surface area contributed by atoms with Crippen LogP contribution in [0, 0.1) is 0 Å². The molecule has 0 heterocycles. The lowest BCUT2D eigenvalue weighted by Crippen LogP contribution is -2.20. The fraction of sp³-hybridized carbons (Fsp3) is 1.00. The predicted octanol–water partition coefficient (Wildman–Crippen LogP) is 1.96. The lowest BCUT2D eigenvalue weighted by molar-refractivity contribution is -0.00802. The van der Waals surface area contributed by atoms with E-state index in [0.29, 0.717) is 0 Å². The van der Waals surface area contributed by atoms with Crippen molar-refractivity contribution >= 4 is 0 Å². The zero-order valence-electron chi connectivity index (χ0n) is 8.05. The van der Waals surface area contributed by atoms with Crippen LogP contribution in [-0.2, 0) is 4.74 Å². The summed E-state index contributed by atoms with van der Waals surface area (Å²) in [7, 11) is 0. The predicted molar refractivity (Wildman–Crippen MR) is 46.6 cm³/mol. The summed E-state index contributed by atoms with van der Waals surface area (Å²) in [6.45, 7) is 8.66. The molecule has 0 saturated heterocycles. The molecule has 0 aromatic heterocycles. The SMILES string of the molecule is C[C@H](O)CCCOC(C)(C)C. The van der Waals surface area contributed by atoms with E-state index in [0.717, 1.165) is 19.4 Å². The van der Waals surface area contributed by atoms with Crippen molar-refractivity contribution in [2.24, 2.45) is 0 Å². The Bertz CT molecular complexity index is 92.2. The summed E-state index contributed by atoms with van der Waals surface area (Å²) < 4.78 is 5.47. The second-order valence-electron chi connectivity index (χ2n) is 3.95. The van der Waals surface area contributed by atoms with Gasteiger partial charge in [-0.15, -0.1) is 0 Å². The molecule has 0 aliphatic heterocycles. The fourth-order valence-electron chi connectivity index (χ4n) is 0.757. The molecule has 0 amide bonds. The number of hydrogen-bond donors (Lipinski definition) is 1. The van der Waals surface area contributed by atoms with Crippen molar-refractivity contribution < 1.29 is 9.84 Å². The molecular formula is C9H20O2. The maximum absolute atomic E-state index is 8.93. The van der Waals surface area contributed by atoms with Gasteiger partial charge in [0.15, 0.2) is 0 Å². The van der Waals surface area contributed by atoms with Crippen molar-refractivity contribution in [1.82, 2.24) is 0 Å². The molecule has 68 valence electrons. The van der Waals surface area contributed by atoms with Crippen LogP contribution in [0.15, 0.2) is 0 Å². The van der Waals surface area contributed by atoms with Gasteiger partial charge in [-0.25, -0.2) is 0 Å². The molecule has 0 aromatic carbocycles. The lowest BCUT2D eigenvalue weighted by Gasteiger charge is -2.19. The number of aliphatic hydroxyl groups is 1. The Hall–Kier alpha value is -0.0800. The standard InChI is InChI=1S/C9H20O2/c1-8(10)6-5-7-11-9(2,3)4/h8,10H,5-7H2,1-4H3/t8-/m0/s1. The van der Waals surface area contributed by atoms with Crippen molar-refractivity contribution in [3.05, 3.63) is 0 Å². The van der Waals surface area contributed by atoms with E-state index in [-0.39, 0.29) is 11.7 Å². The molecule has 0 aliphatic rings. The number of ether oxygens (including phenoxy) is 1. The van der Waals surface area contributed by atoms with Gasteiger partial charge in [-0.1, -0.05) is 0 Å². The third-order valence-corrected chi connectivity index (χ3v) is 1.30. The van der Waals surface area contributed by atoms with Crippen molar-refractivity contribution in [2.45, 2.75) is 52.2 Å². The first kappa shape index (κ1) is 10.9. The van der Waals surface area contributed by atoms with E-state index < -0.39 is 0 Å². The molecular weight excluding hydrogens is 140 g/mol. The van der Waals surface area contributed by atoms with Crippen LogP contribution in [0.2, 0.25) is 0 Å². The Balaban J connectivity index is 3.15. The molecule has 0 aliphatic carbocycles. The van der Waals surface area contributed by atoms with E-state index in [1.807, 2.05) is 20.8 Å². The van der Waals surface area contributed by atoms with Gasteiger partial charge in [0.2, 0.25) is 0 Å². The first-order valence-electron chi connectivity index (χ1n) is 4.24. The van der Waals surface area contributed by atoms with Crippen LogP contribution in [0.3, 0.4) is 0 Å². The van der Waals surface area contributed by atoms with Crippen LogP contribution in [0.25, 0.3) is 0 Å². The molecule has 0 bridgehead atoms. The molecule has 0 saturated carbocycles. The van der Waals surface area contributed by atoms with Gasteiger partial charge in [-0.3, -0.25) is 0 Å². The van der Waals surface area contributed by atoms with Crippen molar-refractivity contribution in [3.63, 3.8) is 0 Å². The summed E-state index contributed by atoms with van der Waals surface area (Å²) in [5.41, 5.74) is -0.0430. The highest BCUT2D eigenvalue weighted by Crippen LogP contribution is 2.08. The highest BCUT2D eigenvalue weighted by atomic mass is 16.5. The van der Waals surface area contributed by atoms with Crippen LogP contribution in [0.4, 0.5) is 0 Å². The Morgan fingerprint density at radius 2 is 1.91 bits per heavy atom. The average molecular weight is 160 g/mol. The Kier molecular flexibility index (Phi) is 4.69. The normalized spacial score (nSPS) is 15.0. The van der Waals surface area contributed by atoms with Gasteiger partial charge in [0.1, 0.15) is 0 Å². The number of rotatable bonds is 4. The van der Waals surface area contributed by atoms with Crippen LogP contribution < -0.4 is 0 Å². The minimum Gasteiger partial charge on any atom is -0.393 e. The second-order valence-corrected chi connectivity index (χ2v) is 3.95. The highest BCUT2D eigenvalue weighted by molar-refractivity contribution is 4.58. The number of hydrogen-bond acceptors (Lipinski definition) is 2. The van der Waals surface area contributed by atoms with Gasteiger partial charge in [-0.2, -0.15) is 0 Å². The fourth-order valence-corrected chi connectivity index (χ4v) is 0.757. The largest absolute Gasteiger partial charge is 0.393 e. The highest BCUT2D eigenvalue weighted by Gasteiger charge is 2.08.